The molecule has 1 saturated heterocycles. The summed E-state index contributed by atoms with van der Waals surface area (Å²) in [5.41, 5.74) is 0.0617. The van der Waals surface area contributed by atoms with Crippen LogP contribution in [0.5, 0.6) is 0 Å². The van der Waals surface area contributed by atoms with Crippen LogP contribution in [-0.4, -0.2) is 47.3 Å². The summed E-state index contributed by atoms with van der Waals surface area (Å²) in [5.74, 6) is 0.927. The molecule has 122 valence electrons. The number of rotatable bonds is 4. The Morgan fingerprint density at radius 2 is 1.76 bits per heavy atom. The lowest BCUT2D eigenvalue weighted by molar-refractivity contribution is 0.0815. The number of likely N-dealkylation sites (tertiary alicyclic amines) is 1. The van der Waals surface area contributed by atoms with E-state index in [4.69, 9.17) is 0 Å². The van der Waals surface area contributed by atoms with Crippen LogP contribution in [-0.2, 0) is 0 Å². The number of nitrogens with one attached hydrogen (secondary N) is 1. The Morgan fingerprint density at radius 3 is 2.38 bits per heavy atom. The molecule has 0 aromatic rings. The number of hydrogen-bond donors (Lipinski definition) is 2. The van der Waals surface area contributed by atoms with Crippen molar-refractivity contribution in [2.75, 3.05) is 19.7 Å². The molecule has 0 aromatic heterocycles. The summed E-state index contributed by atoms with van der Waals surface area (Å²) >= 11 is 0. The van der Waals surface area contributed by atoms with Crippen LogP contribution in [0.4, 0.5) is 0 Å². The van der Waals surface area contributed by atoms with E-state index in [1.54, 1.807) is 0 Å². The highest BCUT2D eigenvalue weighted by Gasteiger charge is 2.36. The van der Waals surface area contributed by atoms with Gasteiger partial charge < -0.3 is 15.3 Å². The zero-order valence-electron chi connectivity index (χ0n) is 13.8. The molecule has 0 bridgehead atoms. The van der Waals surface area contributed by atoms with Gasteiger partial charge in [-0.3, -0.25) is 0 Å². The van der Waals surface area contributed by atoms with Crippen LogP contribution in [0.2, 0.25) is 0 Å². The smallest absolute Gasteiger partial charge is 0.0613 e. The quantitative estimate of drug-likeness (QED) is 0.837. The van der Waals surface area contributed by atoms with Gasteiger partial charge in [0.2, 0.25) is 0 Å². The highest BCUT2D eigenvalue weighted by atomic mass is 16.3. The normalized spacial score (nSPS) is 35.1. The molecule has 0 spiro atoms. The van der Waals surface area contributed by atoms with Gasteiger partial charge >= 0.3 is 0 Å². The summed E-state index contributed by atoms with van der Waals surface area (Å²) in [6, 6.07) is 1.49. The van der Waals surface area contributed by atoms with Crippen molar-refractivity contribution >= 4 is 0 Å². The van der Waals surface area contributed by atoms with E-state index in [0.29, 0.717) is 12.6 Å². The fourth-order valence-corrected chi connectivity index (χ4v) is 4.98. The first kappa shape index (κ1) is 15.8. The Kier molecular flexibility index (Phi) is 5.23. The first-order valence-electron chi connectivity index (χ1n) is 9.33. The zero-order valence-corrected chi connectivity index (χ0v) is 13.8. The molecule has 3 rings (SSSR count). The topological polar surface area (TPSA) is 35.5 Å². The van der Waals surface area contributed by atoms with Crippen molar-refractivity contribution in [1.29, 1.82) is 0 Å². The van der Waals surface area contributed by atoms with Crippen LogP contribution in [0, 0.1) is 5.92 Å². The molecule has 3 aliphatic rings. The molecule has 3 heteroatoms. The molecular formula is C18H34N2O. The van der Waals surface area contributed by atoms with Crippen molar-refractivity contribution in [3.8, 4) is 0 Å². The van der Waals surface area contributed by atoms with E-state index in [0.717, 1.165) is 12.0 Å². The Hall–Kier alpha value is -0.120. The van der Waals surface area contributed by atoms with Gasteiger partial charge in [0.15, 0.2) is 0 Å². The maximum atomic E-state index is 9.76. The number of piperidine rings is 1. The molecular weight excluding hydrogens is 260 g/mol. The molecule has 0 radical (unpaired) electrons. The van der Waals surface area contributed by atoms with Gasteiger partial charge in [0, 0.05) is 17.6 Å². The predicted molar refractivity (Wildman–Crippen MR) is 87.4 cm³/mol. The van der Waals surface area contributed by atoms with Crippen molar-refractivity contribution in [2.45, 2.75) is 88.8 Å². The van der Waals surface area contributed by atoms with E-state index in [1.807, 2.05) is 0 Å². The molecule has 2 N–H and O–H groups in total. The van der Waals surface area contributed by atoms with Crippen molar-refractivity contribution < 1.29 is 5.11 Å². The summed E-state index contributed by atoms with van der Waals surface area (Å²) in [5, 5.41) is 13.6. The number of hydrogen-bond acceptors (Lipinski definition) is 3. The first-order chi connectivity index (χ1) is 10.2. The Balaban J connectivity index is 1.46. The number of nitrogens with zero attached hydrogens (tertiary/aromatic N) is 1. The van der Waals surface area contributed by atoms with Crippen LogP contribution in [0.1, 0.15) is 71.1 Å². The van der Waals surface area contributed by atoms with E-state index < -0.39 is 0 Å². The maximum Gasteiger partial charge on any atom is 0.0613 e. The van der Waals surface area contributed by atoms with Gasteiger partial charge in [-0.25, -0.2) is 0 Å². The third-order valence-corrected chi connectivity index (χ3v) is 6.33. The molecule has 3 fully saturated rings. The molecule has 21 heavy (non-hydrogen) atoms. The molecule has 1 aliphatic heterocycles. The van der Waals surface area contributed by atoms with Crippen LogP contribution in [0.25, 0.3) is 0 Å². The molecule has 2 atom stereocenters. The SMILES string of the molecule is CC1CCCC(N2CCC(NC3(CO)CCCC3)CC2)C1. The summed E-state index contributed by atoms with van der Waals surface area (Å²) < 4.78 is 0. The minimum Gasteiger partial charge on any atom is -0.394 e. The lowest BCUT2D eigenvalue weighted by Gasteiger charge is -2.43. The fourth-order valence-electron chi connectivity index (χ4n) is 4.98. The lowest BCUT2D eigenvalue weighted by atomic mass is 9.85. The average Bonchev–Trinajstić information content (AvgIpc) is 2.97. The fraction of sp³-hybridized carbons (Fsp3) is 1.00. The van der Waals surface area contributed by atoms with E-state index in [2.05, 4.69) is 17.1 Å². The minimum atomic E-state index is 0.0617. The van der Waals surface area contributed by atoms with Crippen LogP contribution in [0.3, 0.4) is 0 Å². The van der Waals surface area contributed by atoms with Crippen molar-refractivity contribution in [2.24, 2.45) is 5.92 Å². The molecule has 2 saturated carbocycles. The second-order valence-corrected chi connectivity index (χ2v) is 8.03. The average molecular weight is 294 g/mol. The largest absolute Gasteiger partial charge is 0.394 e. The first-order valence-corrected chi connectivity index (χ1v) is 9.33. The minimum absolute atomic E-state index is 0.0617. The third kappa shape index (κ3) is 3.80. The van der Waals surface area contributed by atoms with Crippen molar-refractivity contribution in [3.05, 3.63) is 0 Å². The second-order valence-electron chi connectivity index (χ2n) is 8.03. The summed E-state index contributed by atoms with van der Waals surface area (Å²) in [6.45, 7) is 5.27. The highest BCUT2D eigenvalue weighted by molar-refractivity contribution is 4.96. The summed E-state index contributed by atoms with van der Waals surface area (Å²) in [4.78, 5) is 2.76. The highest BCUT2D eigenvalue weighted by Crippen LogP contribution is 2.32. The summed E-state index contributed by atoms with van der Waals surface area (Å²) in [6.07, 6.45) is 13.2. The van der Waals surface area contributed by atoms with Gasteiger partial charge in [-0.05, 0) is 57.5 Å². The molecule has 0 amide bonds. The summed E-state index contributed by atoms with van der Waals surface area (Å²) in [7, 11) is 0. The molecule has 2 aliphatic carbocycles. The monoisotopic (exact) mass is 294 g/mol. The number of aliphatic hydroxyl groups excluding tert-OH is 1. The van der Waals surface area contributed by atoms with Gasteiger partial charge in [0.05, 0.1) is 6.61 Å². The van der Waals surface area contributed by atoms with Crippen LogP contribution >= 0.6 is 0 Å². The van der Waals surface area contributed by atoms with Crippen LogP contribution in [0.15, 0.2) is 0 Å². The van der Waals surface area contributed by atoms with Gasteiger partial charge in [-0.15, -0.1) is 0 Å². The van der Waals surface area contributed by atoms with Crippen LogP contribution < -0.4 is 5.32 Å². The lowest BCUT2D eigenvalue weighted by Crippen LogP contribution is -2.55. The molecule has 3 nitrogen and oxygen atoms in total. The second kappa shape index (κ2) is 6.97. The van der Waals surface area contributed by atoms with Gasteiger partial charge in [0.25, 0.3) is 0 Å². The Morgan fingerprint density at radius 1 is 1.05 bits per heavy atom. The van der Waals surface area contributed by atoms with E-state index in [9.17, 15) is 5.11 Å². The van der Waals surface area contributed by atoms with Crippen molar-refractivity contribution in [1.82, 2.24) is 10.2 Å². The maximum absolute atomic E-state index is 9.76. The van der Waals surface area contributed by atoms with Gasteiger partial charge in [-0.2, -0.15) is 0 Å². The third-order valence-electron chi connectivity index (χ3n) is 6.33. The van der Waals surface area contributed by atoms with E-state index in [-0.39, 0.29) is 5.54 Å². The van der Waals surface area contributed by atoms with Gasteiger partial charge in [0.1, 0.15) is 0 Å². The molecule has 2 unspecified atom stereocenters. The predicted octanol–water partition coefficient (Wildman–Crippen LogP) is 2.92. The molecule has 0 aromatic carbocycles. The number of aliphatic hydroxyl groups is 1. The van der Waals surface area contributed by atoms with Gasteiger partial charge in [-0.1, -0.05) is 32.6 Å². The Labute approximate surface area is 130 Å². The van der Waals surface area contributed by atoms with E-state index in [1.165, 1.54) is 77.3 Å². The zero-order chi connectivity index (χ0) is 14.7. The van der Waals surface area contributed by atoms with Crippen molar-refractivity contribution in [3.63, 3.8) is 0 Å². The van der Waals surface area contributed by atoms with E-state index >= 15 is 0 Å². The molecule has 1 heterocycles. The standard InChI is InChI=1S/C18H34N2O/c1-15-5-4-6-17(13-15)20-11-7-16(8-12-20)19-18(14-21)9-2-3-10-18/h15-17,19,21H,2-14H2,1H3. The Bertz CT molecular complexity index is 319.